The second kappa shape index (κ2) is 6.98. The molecule has 0 aliphatic rings. The van der Waals surface area contributed by atoms with E-state index in [-0.39, 0.29) is 18.3 Å². The summed E-state index contributed by atoms with van der Waals surface area (Å²) in [7, 11) is 0. The summed E-state index contributed by atoms with van der Waals surface area (Å²) >= 11 is 7.17. The number of nitrogens with one attached hydrogen (secondary N) is 1. The zero-order valence-electron chi connectivity index (χ0n) is 12.2. The average molecular weight is 368 g/mol. The minimum atomic E-state index is -0.761. The molecule has 24 heavy (non-hydrogen) atoms. The molecule has 124 valence electrons. The van der Waals surface area contributed by atoms with Gasteiger partial charge in [-0.3, -0.25) is 4.79 Å². The van der Waals surface area contributed by atoms with Crippen LogP contribution in [0.1, 0.15) is 4.88 Å². The Kier molecular flexibility index (Phi) is 4.77. The van der Waals surface area contributed by atoms with Gasteiger partial charge in [0.1, 0.15) is 12.4 Å². The third-order valence-corrected chi connectivity index (χ3v) is 4.31. The Balaban J connectivity index is 1.65. The van der Waals surface area contributed by atoms with Crippen LogP contribution in [0.5, 0.6) is 0 Å². The van der Waals surface area contributed by atoms with Crippen LogP contribution >= 0.6 is 22.9 Å². The first-order valence-electron chi connectivity index (χ1n) is 6.86. The zero-order chi connectivity index (χ0) is 17.1. The second-order valence-corrected chi connectivity index (χ2v) is 6.62. The molecule has 1 aromatic carbocycles. The van der Waals surface area contributed by atoms with Crippen LogP contribution in [0.4, 0.5) is 4.39 Å². The van der Waals surface area contributed by atoms with Crippen LogP contribution in [0.15, 0.2) is 45.6 Å². The van der Waals surface area contributed by atoms with Crippen molar-refractivity contribution >= 4 is 28.8 Å². The highest BCUT2D eigenvalue weighted by molar-refractivity contribution is 7.16. The fourth-order valence-corrected chi connectivity index (χ4v) is 2.97. The molecule has 0 spiro atoms. The molecule has 6 nitrogen and oxygen atoms in total. The predicted molar refractivity (Wildman–Crippen MR) is 87.3 cm³/mol. The number of amides is 1. The van der Waals surface area contributed by atoms with Crippen LogP contribution in [0, 0.1) is 5.82 Å². The maximum absolute atomic E-state index is 12.9. The van der Waals surface area contributed by atoms with E-state index in [1.165, 1.54) is 35.6 Å². The van der Waals surface area contributed by atoms with Crippen LogP contribution < -0.4 is 11.1 Å². The molecule has 0 saturated heterocycles. The van der Waals surface area contributed by atoms with Crippen molar-refractivity contribution in [3.8, 4) is 11.5 Å². The molecule has 2 aromatic heterocycles. The van der Waals surface area contributed by atoms with Gasteiger partial charge in [0.25, 0.3) is 0 Å². The van der Waals surface area contributed by atoms with E-state index in [2.05, 4.69) is 10.4 Å². The monoisotopic (exact) mass is 367 g/mol. The molecule has 0 fully saturated rings. The lowest BCUT2D eigenvalue weighted by Gasteiger charge is -2.02. The lowest BCUT2D eigenvalue weighted by atomic mass is 10.2. The fourth-order valence-electron chi connectivity index (χ4n) is 1.94. The van der Waals surface area contributed by atoms with E-state index in [4.69, 9.17) is 16.0 Å². The number of nitrogens with zero attached hydrogens (tertiary/aromatic N) is 2. The third-order valence-electron chi connectivity index (χ3n) is 3.08. The van der Waals surface area contributed by atoms with Crippen molar-refractivity contribution in [2.24, 2.45) is 0 Å². The summed E-state index contributed by atoms with van der Waals surface area (Å²) < 4.78 is 19.4. The maximum Gasteiger partial charge on any atom is 0.437 e. The molecule has 1 amide bonds. The van der Waals surface area contributed by atoms with E-state index in [1.807, 2.05) is 6.07 Å². The largest absolute Gasteiger partial charge is 0.437 e. The minimum Gasteiger partial charge on any atom is -0.388 e. The molecule has 0 aliphatic carbocycles. The van der Waals surface area contributed by atoms with Crippen molar-refractivity contribution in [1.82, 2.24) is 15.1 Å². The van der Waals surface area contributed by atoms with E-state index in [0.717, 1.165) is 9.56 Å². The van der Waals surface area contributed by atoms with Gasteiger partial charge in [-0.15, -0.1) is 16.4 Å². The van der Waals surface area contributed by atoms with Gasteiger partial charge in [-0.25, -0.2) is 9.18 Å². The van der Waals surface area contributed by atoms with Crippen molar-refractivity contribution in [3.63, 3.8) is 0 Å². The number of aromatic nitrogens is 2. The molecule has 0 aliphatic heterocycles. The number of carbonyl (C=O) groups is 1. The van der Waals surface area contributed by atoms with Crippen LogP contribution in [0.3, 0.4) is 0 Å². The van der Waals surface area contributed by atoms with Crippen molar-refractivity contribution < 1.29 is 13.6 Å². The fraction of sp³-hybridized carbons (Fsp3) is 0.133. The first kappa shape index (κ1) is 16.4. The van der Waals surface area contributed by atoms with E-state index in [9.17, 15) is 14.0 Å². The minimum absolute atomic E-state index is 0.0258. The van der Waals surface area contributed by atoms with Crippen LogP contribution in [-0.2, 0) is 17.9 Å². The van der Waals surface area contributed by atoms with Gasteiger partial charge in [0.05, 0.1) is 10.9 Å². The highest BCUT2D eigenvalue weighted by Crippen LogP contribution is 2.21. The normalized spacial score (nSPS) is 10.8. The van der Waals surface area contributed by atoms with Gasteiger partial charge in [0.15, 0.2) is 0 Å². The van der Waals surface area contributed by atoms with Crippen LogP contribution in [0.2, 0.25) is 4.34 Å². The van der Waals surface area contributed by atoms with Crippen LogP contribution in [-0.4, -0.2) is 15.7 Å². The van der Waals surface area contributed by atoms with Crippen LogP contribution in [0.25, 0.3) is 11.5 Å². The number of rotatable bonds is 5. The number of hydrogen-bond acceptors (Lipinski definition) is 5. The summed E-state index contributed by atoms with van der Waals surface area (Å²) in [6.45, 7) is 0.0380. The highest BCUT2D eigenvalue weighted by Gasteiger charge is 2.13. The Bertz CT molecular complexity index is 917. The molecule has 3 rings (SSSR count). The first-order valence-corrected chi connectivity index (χ1v) is 8.05. The van der Waals surface area contributed by atoms with Crippen molar-refractivity contribution in [2.45, 2.75) is 13.1 Å². The van der Waals surface area contributed by atoms with Gasteiger partial charge in [0.2, 0.25) is 11.8 Å². The molecule has 1 N–H and O–H groups in total. The van der Waals surface area contributed by atoms with E-state index in [1.54, 1.807) is 6.07 Å². The Labute approximate surface area is 144 Å². The lowest BCUT2D eigenvalue weighted by molar-refractivity contribution is -0.122. The predicted octanol–water partition coefficient (Wildman–Crippen LogP) is 2.67. The molecule has 0 saturated carbocycles. The maximum atomic E-state index is 12.9. The molecule has 3 aromatic rings. The SMILES string of the molecule is O=C(Cn1nc(-c2ccc(F)cc2)oc1=O)NCc1ccc(Cl)s1. The standard InChI is InChI=1S/C15H11ClFN3O3S/c16-12-6-5-11(24-12)7-18-13(21)8-20-15(22)23-14(19-20)9-1-3-10(17)4-2-9/h1-6H,7-8H2,(H,18,21). The third kappa shape index (κ3) is 3.90. The van der Waals surface area contributed by atoms with Gasteiger partial charge in [-0.1, -0.05) is 11.6 Å². The van der Waals surface area contributed by atoms with Crippen molar-refractivity contribution in [2.75, 3.05) is 0 Å². The van der Waals surface area contributed by atoms with E-state index < -0.39 is 11.6 Å². The average Bonchev–Trinajstić information content (AvgIpc) is 3.12. The molecule has 9 heteroatoms. The van der Waals surface area contributed by atoms with Crippen molar-refractivity contribution in [1.29, 1.82) is 0 Å². The van der Waals surface area contributed by atoms with Gasteiger partial charge >= 0.3 is 5.76 Å². The molecular formula is C15H11ClFN3O3S. The summed E-state index contributed by atoms with van der Waals surface area (Å²) in [5.41, 5.74) is 0.445. The molecule has 0 unspecified atom stereocenters. The summed E-state index contributed by atoms with van der Waals surface area (Å²) in [4.78, 5) is 24.6. The molecular weight excluding hydrogens is 357 g/mol. The van der Waals surface area contributed by atoms with Gasteiger partial charge in [-0.2, -0.15) is 4.68 Å². The van der Waals surface area contributed by atoms with E-state index >= 15 is 0 Å². The lowest BCUT2D eigenvalue weighted by Crippen LogP contribution is -2.30. The highest BCUT2D eigenvalue weighted by atomic mass is 35.5. The molecule has 2 heterocycles. The first-order chi connectivity index (χ1) is 11.5. The van der Waals surface area contributed by atoms with E-state index in [0.29, 0.717) is 16.4 Å². The topological polar surface area (TPSA) is 77.1 Å². The van der Waals surface area contributed by atoms with Gasteiger partial charge in [0, 0.05) is 10.4 Å². The molecule has 0 bridgehead atoms. The number of thiophene rings is 1. The Morgan fingerprint density at radius 2 is 2.04 bits per heavy atom. The second-order valence-electron chi connectivity index (χ2n) is 4.82. The Morgan fingerprint density at radius 3 is 2.71 bits per heavy atom. The number of hydrogen-bond donors (Lipinski definition) is 1. The smallest absolute Gasteiger partial charge is 0.388 e. The van der Waals surface area contributed by atoms with Gasteiger partial charge in [-0.05, 0) is 36.4 Å². The Hall–Kier alpha value is -2.45. The number of halogens is 2. The Morgan fingerprint density at radius 1 is 1.29 bits per heavy atom. The quantitative estimate of drug-likeness (QED) is 0.752. The summed E-state index contributed by atoms with van der Waals surface area (Å²) in [6, 6.07) is 8.88. The summed E-state index contributed by atoms with van der Waals surface area (Å²) in [5, 5.41) is 6.61. The number of benzene rings is 1. The summed E-state index contributed by atoms with van der Waals surface area (Å²) in [6.07, 6.45) is 0. The van der Waals surface area contributed by atoms with Gasteiger partial charge < -0.3 is 9.73 Å². The van der Waals surface area contributed by atoms with Crippen molar-refractivity contribution in [3.05, 3.63) is 62.0 Å². The molecule has 0 atom stereocenters. The molecule has 0 radical (unpaired) electrons. The summed E-state index contributed by atoms with van der Waals surface area (Å²) in [5.74, 6) is -1.53. The zero-order valence-corrected chi connectivity index (χ0v) is 13.7. The number of carbonyl (C=O) groups excluding carboxylic acids is 1.